The van der Waals surface area contributed by atoms with Gasteiger partial charge in [0.15, 0.2) is 11.5 Å². The van der Waals surface area contributed by atoms with Gasteiger partial charge in [0.05, 0.1) is 23.6 Å². The second kappa shape index (κ2) is 10.1. The van der Waals surface area contributed by atoms with Gasteiger partial charge in [-0.05, 0) is 61.9 Å². The molecule has 0 bridgehead atoms. The molecule has 7 heteroatoms. The zero-order valence-electron chi connectivity index (χ0n) is 18.2. The Morgan fingerprint density at radius 1 is 0.970 bits per heavy atom. The van der Waals surface area contributed by atoms with Crippen molar-refractivity contribution in [1.82, 2.24) is 0 Å². The van der Waals surface area contributed by atoms with Crippen LogP contribution in [0, 0.1) is 0 Å². The largest absolute Gasteiger partial charge is 0.490 e. The van der Waals surface area contributed by atoms with E-state index in [4.69, 9.17) is 32.7 Å². The topological polar surface area (TPSA) is 51.1 Å². The van der Waals surface area contributed by atoms with Crippen molar-refractivity contribution in [1.29, 1.82) is 0 Å². The monoisotopic (exact) mass is 480 g/mol. The van der Waals surface area contributed by atoms with Crippen molar-refractivity contribution in [3.8, 4) is 11.5 Å². The van der Waals surface area contributed by atoms with Gasteiger partial charge in [-0.1, -0.05) is 53.5 Å². The smallest absolute Gasteiger partial charge is 0.280 e. The normalized spacial score (nSPS) is 14.5. The summed E-state index contributed by atoms with van der Waals surface area (Å²) in [6, 6.07) is 20.2. The molecule has 4 rings (SSSR count). The molecule has 1 amide bonds. The number of hydrogen-bond acceptors (Lipinski definition) is 4. The van der Waals surface area contributed by atoms with E-state index in [2.05, 4.69) is 5.10 Å². The van der Waals surface area contributed by atoms with Gasteiger partial charge < -0.3 is 9.47 Å². The molecule has 0 N–H and O–H groups in total. The van der Waals surface area contributed by atoms with Gasteiger partial charge in [0.2, 0.25) is 0 Å². The third kappa shape index (κ3) is 5.21. The lowest BCUT2D eigenvalue weighted by Crippen LogP contribution is -2.21. The predicted molar refractivity (Wildman–Crippen MR) is 133 cm³/mol. The van der Waals surface area contributed by atoms with Crippen LogP contribution in [0.3, 0.4) is 0 Å². The molecular formula is C26H22Cl2N2O3. The van der Waals surface area contributed by atoms with Crippen molar-refractivity contribution in [2.45, 2.75) is 20.5 Å². The zero-order valence-corrected chi connectivity index (χ0v) is 19.7. The molecule has 3 aromatic carbocycles. The van der Waals surface area contributed by atoms with Gasteiger partial charge >= 0.3 is 0 Å². The lowest BCUT2D eigenvalue weighted by molar-refractivity contribution is -0.114. The van der Waals surface area contributed by atoms with Crippen LogP contribution in [0.4, 0.5) is 5.69 Å². The van der Waals surface area contributed by atoms with Crippen LogP contribution in [0.2, 0.25) is 10.0 Å². The lowest BCUT2D eigenvalue weighted by atomic mass is 10.1. The Hall–Kier alpha value is -3.28. The molecule has 5 nitrogen and oxygen atoms in total. The highest BCUT2D eigenvalue weighted by Crippen LogP contribution is 2.32. The average molecular weight is 481 g/mol. The van der Waals surface area contributed by atoms with E-state index in [0.29, 0.717) is 39.4 Å². The van der Waals surface area contributed by atoms with Gasteiger partial charge in [0, 0.05) is 15.6 Å². The second-order valence-corrected chi connectivity index (χ2v) is 8.20. The van der Waals surface area contributed by atoms with E-state index in [1.807, 2.05) is 74.5 Å². The predicted octanol–water partition coefficient (Wildman–Crippen LogP) is 6.78. The van der Waals surface area contributed by atoms with E-state index in [1.165, 1.54) is 5.01 Å². The van der Waals surface area contributed by atoms with Crippen LogP contribution >= 0.6 is 23.2 Å². The van der Waals surface area contributed by atoms with Crippen molar-refractivity contribution in [3.63, 3.8) is 0 Å². The number of hydrogen-bond donors (Lipinski definition) is 0. The van der Waals surface area contributed by atoms with E-state index in [0.717, 1.165) is 16.8 Å². The van der Waals surface area contributed by atoms with Crippen LogP contribution < -0.4 is 14.5 Å². The molecule has 1 aliphatic heterocycles. The fourth-order valence-electron chi connectivity index (χ4n) is 3.39. The molecule has 0 saturated carbocycles. The van der Waals surface area contributed by atoms with E-state index in [1.54, 1.807) is 12.1 Å². The van der Waals surface area contributed by atoms with Crippen LogP contribution in [0.1, 0.15) is 25.0 Å². The highest BCUT2D eigenvalue weighted by atomic mass is 35.5. The molecule has 0 unspecified atom stereocenters. The van der Waals surface area contributed by atoms with E-state index < -0.39 is 0 Å². The maximum Gasteiger partial charge on any atom is 0.280 e. The fourth-order valence-corrected chi connectivity index (χ4v) is 3.85. The molecule has 0 fully saturated rings. The SMILES string of the molecule is CCOc1cc(C=C2C(=O)N(c3ccccc3)N=C2C)ccc1OCc1ccc(Cl)cc1Cl. The Morgan fingerprint density at radius 3 is 2.48 bits per heavy atom. The fraction of sp³-hybridized carbons (Fsp3) is 0.154. The first-order chi connectivity index (χ1) is 16.0. The minimum atomic E-state index is -0.172. The highest BCUT2D eigenvalue weighted by Gasteiger charge is 2.28. The Morgan fingerprint density at radius 2 is 1.76 bits per heavy atom. The molecule has 0 aliphatic carbocycles. The molecule has 1 heterocycles. The van der Waals surface area contributed by atoms with Crippen molar-refractivity contribution >= 4 is 46.6 Å². The summed E-state index contributed by atoms with van der Waals surface area (Å²) in [5.74, 6) is 0.991. The Labute approximate surface area is 202 Å². The summed E-state index contributed by atoms with van der Waals surface area (Å²) in [7, 11) is 0. The summed E-state index contributed by atoms with van der Waals surface area (Å²) >= 11 is 12.2. The third-order valence-corrected chi connectivity index (χ3v) is 5.63. The third-order valence-electron chi connectivity index (χ3n) is 5.04. The van der Waals surface area contributed by atoms with Gasteiger partial charge in [-0.25, -0.2) is 0 Å². The molecular weight excluding hydrogens is 459 g/mol. The molecule has 0 saturated heterocycles. The van der Waals surface area contributed by atoms with E-state index in [9.17, 15) is 4.79 Å². The first kappa shape index (κ1) is 22.9. The van der Waals surface area contributed by atoms with Crippen LogP contribution in [0.15, 0.2) is 77.4 Å². The number of amides is 1. The Balaban J connectivity index is 1.56. The summed E-state index contributed by atoms with van der Waals surface area (Å²) in [6.07, 6.45) is 1.81. The van der Waals surface area contributed by atoms with Gasteiger partial charge in [-0.2, -0.15) is 10.1 Å². The average Bonchev–Trinajstić information content (AvgIpc) is 3.08. The molecule has 1 aliphatic rings. The van der Waals surface area contributed by atoms with Crippen molar-refractivity contribution in [3.05, 3.63) is 93.5 Å². The number of anilines is 1. The van der Waals surface area contributed by atoms with Crippen LogP contribution in [-0.2, 0) is 11.4 Å². The van der Waals surface area contributed by atoms with Gasteiger partial charge in [0.25, 0.3) is 5.91 Å². The number of carbonyl (C=O) groups excluding carboxylic acids is 1. The van der Waals surface area contributed by atoms with E-state index in [-0.39, 0.29) is 12.5 Å². The maximum absolute atomic E-state index is 13.0. The van der Waals surface area contributed by atoms with Crippen molar-refractivity contribution < 1.29 is 14.3 Å². The molecule has 3 aromatic rings. The summed E-state index contributed by atoms with van der Waals surface area (Å²) in [5.41, 5.74) is 3.54. The minimum Gasteiger partial charge on any atom is -0.490 e. The summed E-state index contributed by atoms with van der Waals surface area (Å²) in [5, 5.41) is 6.95. The summed E-state index contributed by atoms with van der Waals surface area (Å²) in [6.45, 7) is 4.47. The quantitative estimate of drug-likeness (QED) is 0.350. The second-order valence-electron chi connectivity index (χ2n) is 7.36. The van der Waals surface area contributed by atoms with Gasteiger partial charge in [0.1, 0.15) is 6.61 Å². The van der Waals surface area contributed by atoms with Crippen molar-refractivity contribution in [2.75, 3.05) is 11.6 Å². The van der Waals surface area contributed by atoms with Gasteiger partial charge in [-0.3, -0.25) is 4.79 Å². The zero-order chi connectivity index (χ0) is 23.4. The number of para-hydroxylation sites is 1. The summed E-state index contributed by atoms with van der Waals surface area (Å²) < 4.78 is 11.8. The number of hydrazone groups is 1. The standard InChI is InChI=1S/C26H22Cl2N2O3/c1-3-32-25-14-18(9-12-24(25)33-16-19-10-11-20(27)15-23(19)28)13-22-17(2)29-30(26(22)31)21-7-5-4-6-8-21/h4-15H,3,16H2,1-2H3. The molecule has 0 radical (unpaired) electrons. The Bertz CT molecular complexity index is 1240. The number of ether oxygens (including phenoxy) is 2. The number of nitrogens with zero attached hydrogens (tertiary/aromatic N) is 2. The number of halogens is 2. The maximum atomic E-state index is 13.0. The lowest BCUT2D eigenvalue weighted by Gasteiger charge is -2.14. The Kier molecular flexibility index (Phi) is 7.02. The molecule has 0 atom stereocenters. The van der Waals surface area contributed by atoms with Crippen molar-refractivity contribution in [2.24, 2.45) is 5.10 Å². The molecule has 168 valence electrons. The first-order valence-electron chi connectivity index (χ1n) is 10.5. The van der Waals surface area contributed by atoms with E-state index >= 15 is 0 Å². The minimum absolute atomic E-state index is 0.172. The van der Waals surface area contributed by atoms with Crippen LogP contribution in [0.25, 0.3) is 6.08 Å². The van der Waals surface area contributed by atoms with Crippen LogP contribution in [-0.4, -0.2) is 18.2 Å². The van der Waals surface area contributed by atoms with Crippen LogP contribution in [0.5, 0.6) is 11.5 Å². The highest BCUT2D eigenvalue weighted by molar-refractivity contribution is 6.35. The molecule has 0 spiro atoms. The molecule has 33 heavy (non-hydrogen) atoms. The molecule has 0 aromatic heterocycles. The first-order valence-corrected chi connectivity index (χ1v) is 11.2. The number of benzene rings is 3. The van der Waals surface area contributed by atoms with Gasteiger partial charge in [-0.15, -0.1) is 0 Å². The number of carbonyl (C=O) groups is 1. The number of rotatable bonds is 7. The summed E-state index contributed by atoms with van der Waals surface area (Å²) in [4.78, 5) is 13.0.